The summed E-state index contributed by atoms with van der Waals surface area (Å²) in [5.74, 6) is 0.0238. The van der Waals surface area contributed by atoms with Crippen LogP contribution in [0.2, 0.25) is 0 Å². The van der Waals surface area contributed by atoms with Crippen LogP contribution in [-0.4, -0.2) is 16.2 Å². The van der Waals surface area contributed by atoms with Crippen LogP contribution >= 0.6 is 11.3 Å². The lowest BCUT2D eigenvalue weighted by atomic mass is 10.1. The van der Waals surface area contributed by atoms with Gasteiger partial charge in [-0.3, -0.25) is 9.78 Å². The Balaban J connectivity index is 1.60. The van der Waals surface area contributed by atoms with Crippen molar-refractivity contribution in [2.45, 2.75) is 6.18 Å². The van der Waals surface area contributed by atoms with Gasteiger partial charge in [-0.05, 0) is 11.6 Å². The highest BCUT2D eigenvalue weighted by Gasteiger charge is 2.33. The number of alkyl halides is 3. The normalized spacial score (nSPS) is 11.7. The number of aromatic nitrogens is 2. The molecule has 0 radical (unpaired) electrons. The van der Waals surface area contributed by atoms with Gasteiger partial charge in [-0.25, -0.2) is 10.4 Å². The number of hydrogen-bond acceptors (Lipinski definition) is 6. The maximum atomic E-state index is 13.0. The van der Waals surface area contributed by atoms with Crippen LogP contribution in [-0.2, 0) is 6.18 Å². The Morgan fingerprint density at radius 2 is 1.97 bits per heavy atom. The largest absolute Gasteiger partial charge is 0.417 e. The van der Waals surface area contributed by atoms with Crippen molar-refractivity contribution >= 4 is 33.6 Å². The molecule has 6 nitrogen and oxygen atoms in total. The summed E-state index contributed by atoms with van der Waals surface area (Å²) in [6, 6.07) is 15.1. The molecular formula is C21H12F3N5OS. The van der Waals surface area contributed by atoms with Crippen molar-refractivity contribution < 1.29 is 13.2 Å². The van der Waals surface area contributed by atoms with E-state index in [-0.39, 0.29) is 22.6 Å². The zero-order valence-electron chi connectivity index (χ0n) is 15.6. The van der Waals surface area contributed by atoms with E-state index in [0.717, 1.165) is 16.7 Å². The van der Waals surface area contributed by atoms with E-state index < -0.39 is 17.3 Å². The highest BCUT2D eigenvalue weighted by molar-refractivity contribution is 7.17. The van der Waals surface area contributed by atoms with Gasteiger partial charge >= 0.3 is 6.18 Å². The van der Waals surface area contributed by atoms with Gasteiger partial charge in [-0.2, -0.15) is 23.5 Å². The summed E-state index contributed by atoms with van der Waals surface area (Å²) in [5.41, 5.74) is 2.56. The van der Waals surface area contributed by atoms with Crippen LogP contribution in [0.5, 0.6) is 0 Å². The molecule has 4 aromatic rings. The zero-order valence-corrected chi connectivity index (χ0v) is 16.4. The number of halogens is 3. The van der Waals surface area contributed by atoms with Gasteiger partial charge in [0, 0.05) is 21.0 Å². The molecule has 10 heteroatoms. The third kappa shape index (κ3) is 4.17. The molecule has 31 heavy (non-hydrogen) atoms. The van der Waals surface area contributed by atoms with Gasteiger partial charge in [0.05, 0.1) is 17.5 Å². The first-order valence-corrected chi connectivity index (χ1v) is 9.72. The number of aromatic amines is 1. The molecule has 0 bridgehead atoms. The standard InChI is InChI=1S/C21H12F3N5OS/c22-21(23,24)16-11-31-17-8-12(6-7-14(16)17)10-26-29-20-27-18(13-4-2-1-3-5-13)15(9-25)19(30)28-20/h1-8,10-11H,(H2,27,28,29,30). The van der Waals surface area contributed by atoms with E-state index in [1.54, 1.807) is 36.4 Å². The van der Waals surface area contributed by atoms with E-state index in [1.165, 1.54) is 18.3 Å². The van der Waals surface area contributed by atoms with Gasteiger partial charge in [0.15, 0.2) is 0 Å². The predicted octanol–water partition coefficient (Wildman–Crippen LogP) is 4.99. The maximum Gasteiger partial charge on any atom is 0.417 e. The number of nitrogens with zero attached hydrogens (tertiary/aromatic N) is 3. The van der Waals surface area contributed by atoms with Crippen LogP contribution < -0.4 is 11.0 Å². The average molecular weight is 439 g/mol. The van der Waals surface area contributed by atoms with E-state index in [9.17, 15) is 23.2 Å². The molecule has 0 aliphatic carbocycles. The molecule has 0 unspecified atom stereocenters. The first-order chi connectivity index (χ1) is 14.9. The maximum absolute atomic E-state index is 13.0. The summed E-state index contributed by atoms with van der Waals surface area (Å²) < 4.78 is 39.5. The smallest absolute Gasteiger partial charge is 0.290 e. The Morgan fingerprint density at radius 3 is 2.68 bits per heavy atom. The highest BCUT2D eigenvalue weighted by atomic mass is 32.1. The quantitative estimate of drug-likeness (QED) is 0.346. The summed E-state index contributed by atoms with van der Waals surface area (Å²) in [7, 11) is 0. The second kappa shape index (κ2) is 8.04. The zero-order chi connectivity index (χ0) is 22.0. The number of hydrazone groups is 1. The molecule has 2 heterocycles. The lowest BCUT2D eigenvalue weighted by Gasteiger charge is -2.06. The molecule has 0 amide bonds. The number of fused-ring (bicyclic) bond motifs is 1. The topological polar surface area (TPSA) is 93.9 Å². The number of hydrogen-bond donors (Lipinski definition) is 2. The summed E-state index contributed by atoms with van der Waals surface area (Å²) in [5, 5.41) is 14.5. The molecular weight excluding hydrogens is 427 g/mol. The van der Waals surface area contributed by atoms with Gasteiger partial charge in [0.1, 0.15) is 11.6 Å². The molecule has 2 aromatic carbocycles. The molecule has 4 rings (SSSR count). The Bertz CT molecular complexity index is 1380. The predicted molar refractivity (Wildman–Crippen MR) is 113 cm³/mol. The first-order valence-electron chi connectivity index (χ1n) is 8.84. The van der Waals surface area contributed by atoms with Crippen molar-refractivity contribution in [3.8, 4) is 17.3 Å². The number of nitrogens with one attached hydrogen (secondary N) is 2. The molecule has 0 saturated heterocycles. The number of benzene rings is 2. The summed E-state index contributed by atoms with van der Waals surface area (Å²) in [4.78, 5) is 18.9. The highest BCUT2D eigenvalue weighted by Crippen LogP contribution is 2.38. The first kappa shape index (κ1) is 20.3. The fraction of sp³-hybridized carbons (Fsp3) is 0.0476. The molecule has 154 valence electrons. The van der Waals surface area contributed by atoms with E-state index >= 15 is 0 Å². The van der Waals surface area contributed by atoms with Crippen LogP contribution in [0, 0.1) is 11.3 Å². The molecule has 0 fully saturated rings. The van der Waals surface area contributed by atoms with Crippen molar-refractivity contribution in [2.24, 2.45) is 5.10 Å². The Hall–Kier alpha value is -3.97. The molecule has 2 aromatic heterocycles. The number of rotatable bonds is 4. The fourth-order valence-electron chi connectivity index (χ4n) is 2.95. The fourth-order valence-corrected chi connectivity index (χ4v) is 3.96. The number of anilines is 1. The summed E-state index contributed by atoms with van der Waals surface area (Å²) in [6.07, 6.45) is -3.01. The van der Waals surface area contributed by atoms with Crippen molar-refractivity contribution in [3.05, 3.63) is 81.0 Å². The SMILES string of the molecule is N#Cc1c(-c2ccccc2)nc(NN=Cc2ccc3c(C(F)(F)F)csc3c2)[nH]c1=O. The number of nitriles is 1. The summed E-state index contributed by atoms with van der Waals surface area (Å²) in [6.45, 7) is 0. The van der Waals surface area contributed by atoms with Gasteiger partial charge in [-0.1, -0.05) is 42.5 Å². The van der Waals surface area contributed by atoms with Crippen molar-refractivity contribution in [3.63, 3.8) is 0 Å². The van der Waals surface area contributed by atoms with E-state index in [1.807, 2.05) is 6.07 Å². The Labute approximate surface area is 177 Å². The third-order valence-electron chi connectivity index (χ3n) is 4.37. The van der Waals surface area contributed by atoms with Gasteiger partial charge < -0.3 is 0 Å². The van der Waals surface area contributed by atoms with Crippen molar-refractivity contribution in [1.82, 2.24) is 9.97 Å². The lowest BCUT2D eigenvalue weighted by molar-refractivity contribution is -0.136. The minimum absolute atomic E-state index is 0.0238. The molecule has 0 aliphatic heterocycles. The Morgan fingerprint density at radius 1 is 1.19 bits per heavy atom. The number of H-pyrrole nitrogens is 1. The van der Waals surface area contributed by atoms with Crippen LogP contribution in [0.1, 0.15) is 16.7 Å². The second-order valence-electron chi connectivity index (χ2n) is 6.39. The summed E-state index contributed by atoms with van der Waals surface area (Å²) >= 11 is 0.998. The minimum atomic E-state index is -4.40. The van der Waals surface area contributed by atoms with E-state index in [4.69, 9.17) is 0 Å². The second-order valence-corrected chi connectivity index (χ2v) is 7.30. The van der Waals surface area contributed by atoms with Gasteiger partial charge in [0.25, 0.3) is 5.56 Å². The third-order valence-corrected chi connectivity index (χ3v) is 5.31. The van der Waals surface area contributed by atoms with E-state index in [0.29, 0.717) is 15.8 Å². The monoisotopic (exact) mass is 439 g/mol. The van der Waals surface area contributed by atoms with Gasteiger partial charge in [-0.15, -0.1) is 11.3 Å². The van der Waals surface area contributed by atoms with Crippen molar-refractivity contribution in [2.75, 3.05) is 5.43 Å². The number of thiophene rings is 1. The minimum Gasteiger partial charge on any atom is -0.290 e. The molecule has 2 N–H and O–H groups in total. The molecule has 0 spiro atoms. The lowest BCUT2D eigenvalue weighted by Crippen LogP contribution is -2.16. The van der Waals surface area contributed by atoms with Gasteiger partial charge in [0.2, 0.25) is 5.95 Å². The van der Waals surface area contributed by atoms with E-state index in [2.05, 4.69) is 20.5 Å². The van der Waals surface area contributed by atoms with Crippen LogP contribution in [0.15, 0.2) is 63.8 Å². The molecule has 0 atom stereocenters. The molecule has 0 saturated carbocycles. The van der Waals surface area contributed by atoms with Crippen LogP contribution in [0.3, 0.4) is 0 Å². The average Bonchev–Trinajstić information content (AvgIpc) is 3.18. The Kier molecular flexibility index (Phi) is 5.27. The molecule has 0 aliphatic rings. The van der Waals surface area contributed by atoms with Crippen LogP contribution in [0.25, 0.3) is 21.3 Å². The van der Waals surface area contributed by atoms with Crippen molar-refractivity contribution in [1.29, 1.82) is 5.26 Å². The van der Waals surface area contributed by atoms with Crippen LogP contribution in [0.4, 0.5) is 19.1 Å².